The second-order valence-corrected chi connectivity index (χ2v) is 12.3. The van der Waals surface area contributed by atoms with Crippen molar-refractivity contribution < 1.29 is 23.0 Å². The van der Waals surface area contributed by atoms with Crippen molar-refractivity contribution in [2.75, 3.05) is 31.9 Å². The molecule has 0 unspecified atom stereocenters. The lowest BCUT2D eigenvalue weighted by molar-refractivity contribution is -0.141. The van der Waals surface area contributed by atoms with Gasteiger partial charge in [0.25, 0.3) is 0 Å². The molecule has 2 aliphatic heterocycles. The number of β-amino-alcohol motifs (C(OH)–C–C–N with tert-alkyl or cyclic N) is 1. The van der Waals surface area contributed by atoms with E-state index in [2.05, 4.69) is 37.6 Å². The highest BCUT2D eigenvalue weighted by atomic mass is 19.4. The third-order valence-corrected chi connectivity index (χ3v) is 9.12. The number of likely N-dealkylation sites (tertiary alicyclic amines) is 2. The number of halogens is 3. The molecule has 0 spiro atoms. The number of nitrogen functional groups attached to an aromatic ring is 1. The maximum absolute atomic E-state index is 13.6. The number of ether oxygens (including phenoxy) is 1. The minimum atomic E-state index is -4.59. The molecule has 3 N–H and O–H groups in total. The van der Waals surface area contributed by atoms with Gasteiger partial charge in [0.1, 0.15) is 29.5 Å². The van der Waals surface area contributed by atoms with Crippen molar-refractivity contribution in [3.8, 4) is 23.2 Å². The summed E-state index contributed by atoms with van der Waals surface area (Å²) in [7, 11) is 0. The van der Waals surface area contributed by atoms with Crippen LogP contribution in [0.4, 0.5) is 19.0 Å². The molecule has 1 atom stereocenters. The van der Waals surface area contributed by atoms with Crippen LogP contribution >= 0.6 is 0 Å². The topological polar surface area (TPSA) is 142 Å². The van der Waals surface area contributed by atoms with Gasteiger partial charge in [-0.25, -0.2) is 15.0 Å². The maximum atomic E-state index is 13.6. The molecule has 11 nitrogen and oxygen atoms in total. The molecule has 3 aromatic heterocycles. The Morgan fingerprint density at radius 1 is 1.18 bits per heavy atom. The van der Waals surface area contributed by atoms with E-state index in [1.54, 1.807) is 18.3 Å². The van der Waals surface area contributed by atoms with Gasteiger partial charge in [0.15, 0.2) is 0 Å². The van der Waals surface area contributed by atoms with Crippen LogP contribution in [0.3, 0.4) is 0 Å². The predicted molar refractivity (Wildman–Crippen MR) is 159 cm³/mol. The lowest BCUT2D eigenvalue weighted by atomic mass is 9.82. The first kappa shape index (κ1) is 30.9. The Balaban J connectivity index is 1.08. The summed E-state index contributed by atoms with van der Waals surface area (Å²) in [5.74, 6) is 0.315. The summed E-state index contributed by atoms with van der Waals surface area (Å²) in [5.41, 5.74) is 7.04. The highest BCUT2D eigenvalue weighted by Gasteiger charge is 2.48. The molecule has 1 aliphatic carbocycles. The first-order valence-corrected chi connectivity index (χ1v) is 15.1. The summed E-state index contributed by atoms with van der Waals surface area (Å²) in [6.45, 7) is 6.49. The summed E-state index contributed by atoms with van der Waals surface area (Å²) in [6, 6.07) is 5.24. The smallest absolute Gasteiger partial charge is 0.433 e. The normalized spacial score (nSPS) is 23.8. The second kappa shape index (κ2) is 12.4. The summed E-state index contributed by atoms with van der Waals surface area (Å²) in [4.78, 5) is 16.5. The molecule has 45 heavy (non-hydrogen) atoms. The van der Waals surface area contributed by atoms with E-state index in [1.165, 1.54) is 6.33 Å². The van der Waals surface area contributed by atoms with Gasteiger partial charge >= 0.3 is 6.18 Å². The Labute approximate surface area is 259 Å². The zero-order valence-electron chi connectivity index (χ0n) is 24.8. The van der Waals surface area contributed by atoms with Gasteiger partial charge in [-0.1, -0.05) is 12.7 Å². The van der Waals surface area contributed by atoms with E-state index in [0.29, 0.717) is 81.0 Å². The number of pyridine rings is 1. The molecule has 14 heteroatoms. The van der Waals surface area contributed by atoms with Crippen molar-refractivity contribution >= 4 is 11.9 Å². The number of hydrogen-bond acceptors (Lipinski definition) is 10. The van der Waals surface area contributed by atoms with Crippen molar-refractivity contribution in [1.29, 1.82) is 5.26 Å². The number of anilines is 1. The van der Waals surface area contributed by atoms with Gasteiger partial charge in [-0.05, 0) is 43.7 Å². The molecule has 0 radical (unpaired) electrons. The average molecular weight is 624 g/mol. The number of aliphatic hydroxyl groups is 1. The highest BCUT2D eigenvalue weighted by Crippen LogP contribution is 2.39. The fraction of sp³-hybridized carbons (Fsp3) is 0.516. The maximum Gasteiger partial charge on any atom is 0.433 e. The molecule has 1 saturated carbocycles. The largest absolute Gasteiger partial charge is 0.474 e. The van der Waals surface area contributed by atoms with Gasteiger partial charge in [-0.15, -0.1) is 0 Å². The Morgan fingerprint density at radius 3 is 2.62 bits per heavy atom. The minimum absolute atomic E-state index is 0.0143. The number of hydrogen-bond donors (Lipinski definition) is 2. The number of nitriles is 1. The third-order valence-electron chi connectivity index (χ3n) is 9.12. The Kier molecular flexibility index (Phi) is 8.51. The number of rotatable bonds is 9. The van der Waals surface area contributed by atoms with Gasteiger partial charge in [0.05, 0.1) is 30.5 Å². The summed E-state index contributed by atoms with van der Waals surface area (Å²) < 4.78 is 48.8. The van der Waals surface area contributed by atoms with Crippen LogP contribution in [-0.2, 0) is 18.3 Å². The lowest BCUT2D eigenvalue weighted by Gasteiger charge is -2.53. The molecule has 6 rings (SSSR count). The molecule has 0 amide bonds. The Morgan fingerprint density at radius 2 is 1.96 bits per heavy atom. The molecular weight excluding hydrogens is 587 g/mol. The molecule has 3 fully saturated rings. The number of alkyl halides is 3. The van der Waals surface area contributed by atoms with E-state index >= 15 is 0 Å². The van der Waals surface area contributed by atoms with Crippen LogP contribution in [0, 0.1) is 11.3 Å². The van der Waals surface area contributed by atoms with Crippen LogP contribution in [-0.4, -0.2) is 84.1 Å². The molecule has 0 bridgehead atoms. The fourth-order valence-corrected chi connectivity index (χ4v) is 6.77. The van der Waals surface area contributed by atoms with Gasteiger partial charge < -0.3 is 15.6 Å². The van der Waals surface area contributed by atoms with Crippen molar-refractivity contribution in [3.05, 3.63) is 54.3 Å². The van der Waals surface area contributed by atoms with Gasteiger partial charge in [0.2, 0.25) is 5.88 Å². The van der Waals surface area contributed by atoms with Crippen LogP contribution in [0.2, 0.25) is 0 Å². The standard InChI is InChI=1S/C31H36F3N9O2/c1-2-25-28(37-19-38-29(25)36)21-13-39-43(15-21)30(8-9-35)17-42(18-30)22-3-5-24(6-4-22)45-27-12-20(11-26(40-27)31(32,33)34)14-41-10-7-23(44)16-41/h2,11-13,15,19,22-24,44H,1,3-8,10,14,16-18H2,(H2,36,37,38)/t22?,23-,24?/m0/s1. The van der Waals surface area contributed by atoms with Gasteiger partial charge in [-0.3, -0.25) is 14.5 Å². The Bertz CT molecular complexity index is 1570. The van der Waals surface area contributed by atoms with Crippen molar-refractivity contribution in [2.45, 2.75) is 75.0 Å². The number of nitrogens with two attached hydrogens (primary N) is 1. The van der Waals surface area contributed by atoms with Crippen LogP contribution in [0.1, 0.15) is 55.3 Å². The molecule has 5 heterocycles. The zero-order valence-corrected chi connectivity index (χ0v) is 24.8. The number of aromatic nitrogens is 5. The molecule has 3 aromatic rings. The van der Waals surface area contributed by atoms with Crippen LogP contribution in [0.5, 0.6) is 5.88 Å². The highest BCUT2D eigenvalue weighted by molar-refractivity contribution is 5.76. The first-order valence-electron chi connectivity index (χ1n) is 15.1. The van der Waals surface area contributed by atoms with Gasteiger partial charge in [-0.2, -0.15) is 23.5 Å². The molecule has 2 saturated heterocycles. The van der Waals surface area contributed by atoms with E-state index in [0.717, 1.165) is 24.5 Å². The average Bonchev–Trinajstić information content (AvgIpc) is 3.64. The first-order chi connectivity index (χ1) is 21.6. The number of nitrogens with zero attached hydrogens (tertiary/aromatic N) is 8. The summed E-state index contributed by atoms with van der Waals surface area (Å²) in [6.07, 6.45) is 5.23. The summed E-state index contributed by atoms with van der Waals surface area (Å²) in [5, 5.41) is 24.1. The predicted octanol–water partition coefficient (Wildman–Crippen LogP) is 3.86. The Hall–Kier alpha value is -4.06. The number of aliphatic hydroxyl groups excluding tert-OH is 1. The monoisotopic (exact) mass is 623 g/mol. The van der Waals surface area contributed by atoms with E-state index in [4.69, 9.17) is 10.5 Å². The van der Waals surface area contributed by atoms with Crippen molar-refractivity contribution in [2.24, 2.45) is 0 Å². The third kappa shape index (κ3) is 6.51. The molecule has 0 aromatic carbocycles. The summed E-state index contributed by atoms with van der Waals surface area (Å²) >= 11 is 0. The van der Waals surface area contributed by atoms with E-state index in [-0.39, 0.29) is 18.0 Å². The quantitative estimate of drug-likeness (QED) is 0.361. The van der Waals surface area contributed by atoms with Gasteiger partial charge in [0, 0.05) is 62.2 Å². The molecule has 238 valence electrons. The fourth-order valence-electron chi connectivity index (χ4n) is 6.77. The molecular formula is C31H36F3N9O2. The van der Waals surface area contributed by atoms with E-state index in [9.17, 15) is 23.5 Å². The van der Waals surface area contributed by atoms with Crippen LogP contribution < -0.4 is 10.5 Å². The van der Waals surface area contributed by atoms with Crippen LogP contribution in [0.25, 0.3) is 17.3 Å². The van der Waals surface area contributed by atoms with Crippen molar-refractivity contribution in [1.82, 2.24) is 34.5 Å². The minimum Gasteiger partial charge on any atom is -0.474 e. The van der Waals surface area contributed by atoms with Crippen molar-refractivity contribution in [3.63, 3.8) is 0 Å². The second-order valence-electron chi connectivity index (χ2n) is 12.3. The van der Waals surface area contributed by atoms with E-state index < -0.39 is 23.5 Å². The molecule has 3 aliphatic rings. The van der Waals surface area contributed by atoms with Crippen LogP contribution in [0.15, 0.2) is 37.4 Å². The lowest BCUT2D eigenvalue weighted by Crippen LogP contribution is -2.65. The SMILES string of the molecule is C=Cc1c(N)ncnc1-c1cnn(C2(CC#N)CN(C3CCC(Oc4cc(CN5CC[C@H](O)C5)cc(C(F)(F)F)n4)CC3)C2)c1. The zero-order chi connectivity index (χ0) is 31.8. The van der Waals surface area contributed by atoms with E-state index in [1.807, 2.05) is 15.8 Å².